The number of carbonyl (C=O) groups excluding carboxylic acids is 1. The molecule has 0 aromatic carbocycles. The van der Waals surface area contributed by atoms with E-state index in [9.17, 15) is 4.79 Å². The van der Waals surface area contributed by atoms with E-state index in [-0.39, 0.29) is 5.91 Å². The van der Waals surface area contributed by atoms with Crippen molar-refractivity contribution in [1.29, 1.82) is 0 Å². The molecule has 2 heterocycles. The Balaban J connectivity index is 1.80. The topological polar surface area (TPSA) is 33.2 Å². The van der Waals surface area contributed by atoms with Crippen LogP contribution in [0.1, 0.15) is 28.8 Å². The standard InChI is InChI=1S/C14H14N2OS/c17-14(12-3-6-15-7-4-12)16(13-1-2-13)9-11-5-8-18-10-11/h3-8,10,13H,1-2,9H2. The quantitative estimate of drug-likeness (QED) is 0.844. The van der Waals surface area contributed by atoms with Gasteiger partial charge in [-0.05, 0) is 47.4 Å². The molecule has 2 aromatic rings. The van der Waals surface area contributed by atoms with Crippen LogP contribution in [0.15, 0.2) is 41.4 Å². The Bertz CT molecular complexity index is 520. The molecule has 0 spiro atoms. The molecule has 92 valence electrons. The minimum Gasteiger partial charge on any atom is -0.331 e. The molecule has 0 N–H and O–H groups in total. The lowest BCUT2D eigenvalue weighted by molar-refractivity contribution is 0.0730. The van der Waals surface area contributed by atoms with Crippen LogP contribution in [0.2, 0.25) is 0 Å². The normalized spacial score (nSPS) is 14.4. The number of amides is 1. The molecule has 2 aromatic heterocycles. The monoisotopic (exact) mass is 258 g/mol. The van der Waals surface area contributed by atoms with Crippen LogP contribution >= 0.6 is 11.3 Å². The molecule has 18 heavy (non-hydrogen) atoms. The molecular formula is C14H14N2OS. The number of hydrogen-bond donors (Lipinski definition) is 0. The van der Waals surface area contributed by atoms with Crippen LogP contribution in [-0.2, 0) is 6.54 Å². The van der Waals surface area contributed by atoms with Gasteiger partial charge in [0.25, 0.3) is 5.91 Å². The van der Waals surface area contributed by atoms with Crippen molar-refractivity contribution in [2.45, 2.75) is 25.4 Å². The third-order valence-corrected chi connectivity index (χ3v) is 3.84. The molecule has 1 aliphatic carbocycles. The van der Waals surface area contributed by atoms with E-state index >= 15 is 0 Å². The average molecular weight is 258 g/mol. The van der Waals surface area contributed by atoms with Crippen LogP contribution in [0, 0.1) is 0 Å². The van der Waals surface area contributed by atoms with Crippen molar-refractivity contribution in [3.63, 3.8) is 0 Å². The number of nitrogens with zero attached hydrogens (tertiary/aromatic N) is 2. The zero-order chi connectivity index (χ0) is 12.4. The summed E-state index contributed by atoms with van der Waals surface area (Å²) in [6, 6.07) is 6.07. The Kier molecular flexibility index (Phi) is 3.11. The second-order valence-electron chi connectivity index (χ2n) is 4.53. The highest BCUT2D eigenvalue weighted by molar-refractivity contribution is 7.07. The first-order valence-corrected chi connectivity index (χ1v) is 7.01. The Morgan fingerprint density at radius 2 is 2.11 bits per heavy atom. The molecule has 0 aliphatic heterocycles. The van der Waals surface area contributed by atoms with Gasteiger partial charge in [0.05, 0.1) is 0 Å². The van der Waals surface area contributed by atoms with Crippen molar-refractivity contribution in [2.24, 2.45) is 0 Å². The summed E-state index contributed by atoms with van der Waals surface area (Å²) in [6.45, 7) is 0.718. The fourth-order valence-corrected chi connectivity index (χ4v) is 2.65. The van der Waals surface area contributed by atoms with Gasteiger partial charge in [-0.15, -0.1) is 0 Å². The summed E-state index contributed by atoms with van der Waals surface area (Å²) in [5, 5.41) is 4.16. The molecule has 0 saturated heterocycles. The summed E-state index contributed by atoms with van der Waals surface area (Å²) in [6.07, 6.45) is 5.59. The van der Waals surface area contributed by atoms with Crippen LogP contribution < -0.4 is 0 Å². The summed E-state index contributed by atoms with van der Waals surface area (Å²) in [7, 11) is 0. The Hall–Kier alpha value is -1.68. The van der Waals surface area contributed by atoms with Crippen LogP contribution in [-0.4, -0.2) is 21.8 Å². The molecule has 1 aliphatic rings. The molecular weight excluding hydrogens is 244 g/mol. The molecule has 1 saturated carbocycles. The van der Waals surface area contributed by atoms with Crippen molar-refractivity contribution in [3.8, 4) is 0 Å². The number of carbonyl (C=O) groups is 1. The predicted octanol–water partition coefficient (Wildman–Crippen LogP) is 2.95. The lowest BCUT2D eigenvalue weighted by atomic mass is 10.2. The fourth-order valence-electron chi connectivity index (χ4n) is 1.99. The maximum Gasteiger partial charge on any atom is 0.254 e. The minimum absolute atomic E-state index is 0.117. The van der Waals surface area contributed by atoms with E-state index in [0.29, 0.717) is 6.04 Å². The molecule has 1 fully saturated rings. The third-order valence-electron chi connectivity index (χ3n) is 3.11. The van der Waals surface area contributed by atoms with Gasteiger partial charge in [-0.2, -0.15) is 11.3 Å². The Labute approximate surface area is 110 Å². The number of pyridine rings is 1. The third kappa shape index (κ3) is 2.43. The van der Waals surface area contributed by atoms with E-state index in [0.717, 1.165) is 24.9 Å². The molecule has 0 atom stereocenters. The van der Waals surface area contributed by atoms with Gasteiger partial charge in [0.15, 0.2) is 0 Å². The zero-order valence-electron chi connectivity index (χ0n) is 9.95. The smallest absolute Gasteiger partial charge is 0.254 e. The molecule has 1 amide bonds. The van der Waals surface area contributed by atoms with Crippen molar-refractivity contribution < 1.29 is 4.79 Å². The first-order valence-electron chi connectivity index (χ1n) is 6.06. The van der Waals surface area contributed by atoms with E-state index in [1.807, 2.05) is 4.90 Å². The first-order chi connectivity index (χ1) is 8.84. The molecule has 3 nitrogen and oxygen atoms in total. The average Bonchev–Trinajstić information content (AvgIpc) is 3.13. The van der Waals surface area contributed by atoms with E-state index in [4.69, 9.17) is 0 Å². The SMILES string of the molecule is O=C(c1ccncc1)N(Cc1ccsc1)C1CC1. The highest BCUT2D eigenvalue weighted by Crippen LogP contribution is 2.30. The zero-order valence-corrected chi connectivity index (χ0v) is 10.8. The van der Waals surface area contributed by atoms with Crippen molar-refractivity contribution in [3.05, 3.63) is 52.5 Å². The van der Waals surface area contributed by atoms with Gasteiger partial charge in [-0.1, -0.05) is 0 Å². The van der Waals surface area contributed by atoms with Crippen LogP contribution in [0.4, 0.5) is 0 Å². The lowest BCUT2D eigenvalue weighted by Gasteiger charge is -2.22. The van der Waals surface area contributed by atoms with Crippen LogP contribution in [0.3, 0.4) is 0 Å². The minimum atomic E-state index is 0.117. The van der Waals surface area contributed by atoms with Gasteiger partial charge in [0.1, 0.15) is 0 Å². The largest absolute Gasteiger partial charge is 0.331 e. The van der Waals surface area contributed by atoms with Crippen molar-refractivity contribution >= 4 is 17.2 Å². The van der Waals surface area contributed by atoms with Crippen LogP contribution in [0.25, 0.3) is 0 Å². The number of aromatic nitrogens is 1. The molecule has 4 heteroatoms. The van der Waals surface area contributed by atoms with E-state index in [1.54, 1.807) is 35.9 Å². The lowest BCUT2D eigenvalue weighted by Crippen LogP contribution is -2.32. The predicted molar refractivity (Wildman–Crippen MR) is 71.5 cm³/mol. The number of hydrogen-bond acceptors (Lipinski definition) is 3. The van der Waals surface area contributed by atoms with E-state index in [1.165, 1.54) is 5.56 Å². The number of rotatable bonds is 4. The van der Waals surface area contributed by atoms with Gasteiger partial charge in [-0.3, -0.25) is 9.78 Å². The molecule has 3 rings (SSSR count). The van der Waals surface area contributed by atoms with Gasteiger partial charge < -0.3 is 4.90 Å². The Morgan fingerprint density at radius 3 is 2.72 bits per heavy atom. The highest BCUT2D eigenvalue weighted by atomic mass is 32.1. The number of thiophene rings is 1. The highest BCUT2D eigenvalue weighted by Gasteiger charge is 2.33. The Morgan fingerprint density at radius 1 is 1.33 bits per heavy atom. The van der Waals surface area contributed by atoms with Gasteiger partial charge >= 0.3 is 0 Å². The summed E-state index contributed by atoms with van der Waals surface area (Å²) in [4.78, 5) is 18.4. The maximum absolute atomic E-state index is 12.5. The first kappa shape index (κ1) is 11.4. The second kappa shape index (κ2) is 4.90. The fraction of sp³-hybridized carbons (Fsp3) is 0.286. The molecule has 0 bridgehead atoms. The van der Waals surface area contributed by atoms with Gasteiger partial charge in [0, 0.05) is 30.5 Å². The van der Waals surface area contributed by atoms with Crippen molar-refractivity contribution in [2.75, 3.05) is 0 Å². The summed E-state index contributed by atoms with van der Waals surface area (Å²) >= 11 is 1.67. The second-order valence-corrected chi connectivity index (χ2v) is 5.31. The van der Waals surface area contributed by atoms with Gasteiger partial charge in [-0.25, -0.2) is 0 Å². The summed E-state index contributed by atoms with van der Waals surface area (Å²) in [5.41, 5.74) is 1.95. The molecule has 0 unspecified atom stereocenters. The summed E-state index contributed by atoms with van der Waals surface area (Å²) < 4.78 is 0. The van der Waals surface area contributed by atoms with Crippen molar-refractivity contribution in [1.82, 2.24) is 9.88 Å². The van der Waals surface area contributed by atoms with Crippen LogP contribution in [0.5, 0.6) is 0 Å². The van der Waals surface area contributed by atoms with E-state index in [2.05, 4.69) is 21.8 Å². The molecule has 0 radical (unpaired) electrons. The summed E-state index contributed by atoms with van der Waals surface area (Å²) in [5.74, 6) is 0.117. The van der Waals surface area contributed by atoms with E-state index < -0.39 is 0 Å². The maximum atomic E-state index is 12.5. The van der Waals surface area contributed by atoms with Gasteiger partial charge in [0.2, 0.25) is 0 Å².